The van der Waals surface area contributed by atoms with E-state index in [4.69, 9.17) is 0 Å². The molecule has 7 nitrogen and oxygen atoms in total. The van der Waals surface area contributed by atoms with E-state index >= 15 is 0 Å². The summed E-state index contributed by atoms with van der Waals surface area (Å²) in [6, 6.07) is 7.94. The summed E-state index contributed by atoms with van der Waals surface area (Å²) in [7, 11) is 1.94. The number of carbonyl (C=O) groups is 1. The van der Waals surface area contributed by atoms with Gasteiger partial charge in [-0.05, 0) is 44.4 Å². The van der Waals surface area contributed by atoms with Crippen LogP contribution in [0.15, 0.2) is 24.3 Å². The Bertz CT molecular complexity index is 964. The average Bonchev–Trinajstić information content (AvgIpc) is 3.26. The molecule has 0 spiro atoms. The Kier molecular flexibility index (Phi) is 3.45. The van der Waals surface area contributed by atoms with Crippen LogP contribution in [0.3, 0.4) is 0 Å². The molecule has 128 valence electrons. The largest absolute Gasteiger partial charge is 0.476 e. The lowest BCUT2D eigenvalue weighted by molar-refractivity contribution is 0.0689. The van der Waals surface area contributed by atoms with Gasteiger partial charge in [-0.2, -0.15) is 5.10 Å². The van der Waals surface area contributed by atoms with E-state index in [1.54, 1.807) is 4.68 Å². The smallest absolute Gasteiger partial charge is 0.358 e. The summed E-state index contributed by atoms with van der Waals surface area (Å²) in [6.07, 6.45) is 1.97. The summed E-state index contributed by atoms with van der Waals surface area (Å²) in [5, 5.41) is 21.7. The molecule has 7 heteroatoms. The lowest BCUT2D eigenvalue weighted by Crippen LogP contribution is -2.05. The highest BCUT2D eigenvalue weighted by atomic mass is 16.4. The number of aromatic carboxylic acids is 1. The number of rotatable bonds is 4. The molecule has 1 aromatic carbocycles. The van der Waals surface area contributed by atoms with Gasteiger partial charge in [0.15, 0.2) is 5.69 Å². The molecule has 0 radical (unpaired) electrons. The molecule has 1 saturated carbocycles. The number of carboxylic acid groups (broad SMARTS) is 1. The minimum absolute atomic E-state index is 0.0607. The first kappa shape index (κ1) is 15.6. The first-order valence-electron chi connectivity index (χ1n) is 8.27. The van der Waals surface area contributed by atoms with Crippen LogP contribution in [0.25, 0.3) is 16.8 Å². The van der Waals surface area contributed by atoms with Crippen molar-refractivity contribution in [2.75, 3.05) is 0 Å². The van der Waals surface area contributed by atoms with E-state index in [-0.39, 0.29) is 11.6 Å². The summed E-state index contributed by atoms with van der Waals surface area (Å²) >= 11 is 0. The second-order valence-corrected chi connectivity index (χ2v) is 6.53. The predicted molar refractivity (Wildman–Crippen MR) is 92.0 cm³/mol. The van der Waals surface area contributed by atoms with E-state index in [1.165, 1.54) is 0 Å². The standard InChI is InChI=1S/C18H19N5O2/c1-10-15(11(2)22(3)20-10)12-6-8-14(9-7-12)23-17(13-4-5-13)16(18(24)25)19-21-23/h6-9,13H,4-5H2,1-3H3,(H,24,25). The fraction of sp³-hybridized carbons (Fsp3) is 0.333. The van der Waals surface area contributed by atoms with Gasteiger partial charge in [-0.3, -0.25) is 4.68 Å². The molecule has 1 N–H and O–H groups in total. The molecule has 0 aliphatic heterocycles. The van der Waals surface area contributed by atoms with Gasteiger partial charge in [0.2, 0.25) is 0 Å². The zero-order valence-electron chi connectivity index (χ0n) is 14.4. The molecule has 3 aromatic rings. The van der Waals surface area contributed by atoms with Gasteiger partial charge in [0.1, 0.15) is 0 Å². The van der Waals surface area contributed by atoms with Crippen LogP contribution in [0.1, 0.15) is 46.3 Å². The van der Waals surface area contributed by atoms with E-state index in [1.807, 2.05) is 49.8 Å². The molecule has 0 saturated heterocycles. The molecule has 25 heavy (non-hydrogen) atoms. The maximum atomic E-state index is 11.4. The van der Waals surface area contributed by atoms with Crippen molar-refractivity contribution in [1.29, 1.82) is 0 Å². The van der Waals surface area contributed by atoms with Crippen LogP contribution in [0.5, 0.6) is 0 Å². The van der Waals surface area contributed by atoms with Gasteiger partial charge in [0.05, 0.1) is 17.1 Å². The van der Waals surface area contributed by atoms with Gasteiger partial charge in [-0.25, -0.2) is 9.48 Å². The zero-order chi connectivity index (χ0) is 17.7. The van der Waals surface area contributed by atoms with Crippen LogP contribution in [0, 0.1) is 13.8 Å². The van der Waals surface area contributed by atoms with Crippen molar-refractivity contribution in [2.24, 2.45) is 7.05 Å². The summed E-state index contributed by atoms with van der Waals surface area (Å²) in [4.78, 5) is 11.4. The van der Waals surface area contributed by atoms with Crippen LogP contribution in [-0.2, 0) is 7.05 Å². The maximum Gasteiger partial charge on any atom is 0.358 e. The van der Waals surface area contributed by atoms with Crippen molar-refractivity contribution in [1.82, 2.24) is 24.8 Å². The average molecular weight is 337 g/mol. The van der Waals surface area contributed by atoms with Crippen molar-refractivity contribution in [2.45, 2.75) is 32.6 Å². The van der Waals surface area contributed by atoms with Gasteiger partial charge >= 0.3 is 5.97 Å². The highest BCUT2D eigenvalue weighted by Crippen LogP contribution is 2.42. The normalized spacial score (nSPS) is 14.0. The number of hydrogen-bond acceptors (Lipinski definition) is 4. The lowest BCUT2D eigenvalue weighted by Gasteiger charge is -2.08. The van der Waals surface area contributed by atoms with Crippen LogP contribution >= 0.6 is 0 Å². The highest BCUT2D eigenvalue weighted by molar-refractivity contribution is 5.87. The molecular weight excluding hydrogens is 318 g/mol. The first-order valence-corrected chi connectivity index (χ1v) is 8.27. The molecule has 4 rings (SSSR count). The quantitative estimate of drug-likeness (QED) is 0.791. The van der Waals surface area contributed by atoms with Crippen molar-refractivity contribution in [3.8, 4) is 16.8 Å². The van der Waals surface area contributed by atoms with E-state index in [0.29, 0.717) is 5.69 Å². The van der Waals surface area contributed by atoms with E-state index in [2.05, 4.69) is 15.4 Å². The summed E-state index contributed by atoms with van der Waals surface area (Å²) in [5.74, 6) is -0.782. The topological polar surface area (TPSA) is 85.8 Å². The van der Waals surface area contributed by atoms with Crippen molar-refractivity contribution < 1.29 is 9.90 Å². The van der Waals surface area contributed by atoms with Crippen LogP contribution in [0.4, 0.5) is 0 Å². The van der Waals surface area contributed by atoms with Crippen LogP contribution < -0.4 is 0 Å². The monoisotopic (exact) mass is 337 g/mol. The molecule has 1 aliphatic rings. The Morgan fingerprint density at radius 2 is 1.88 bits per heavy atom. The number of nitrogens with zero attached hydrogens (tertiary/aromatic N) is 5. The third-order valence-corrected chi connectivity index (χ3v) is 4.78. The minimum Gasteiger partial charge on any atom is -0.476 e. The van der Waals surface area contributed by atoms with Crippen molar-refractivity contribution in [3.63, 3.8) is 0 Å². The van der Waals surface area contributed by atoms with Gasteiger partial charge in [0.25, 0.3) is 0 Å². The SMILES string of the molecule is Cc1nn(C)c(C)c1-c1ccc(-n2nnc(C(=O)O)c2C2CC2)cc1. The molecule has 2 aromatic heterocycles. The van der Waals surface area contributed by atoms with E-state index < -0.39 is 5.97 Å². The molecule has 0 amide bonds. The maximum absolute atomic E-state index is 11.4. The number of hydrogen-bond donors (Lipinski definition) is 1. The van der Waals surface area contributed by atoms with Crippen molar-refractivity contribution in [3.05, 3.63) is 47.0 Å². The van der Waals surface area contributed by atoms with Crippen LogP contribution in [-0.4, -0.2) is 35.9 Å². The molecule has 1 fully saturated rings. The third kappa shape index (κ3) is 2.52. The van der Waals surface area contributed by atoms with E-state index in [0.717, 1.165) is 41.0 Å². The number of benzene rings is 1. The Balaban J connectivity index is 1.75. The predicted octanol–water partition coefficient (Wildman–Crippen LogP) is 2.86. The zero-order valence-corrected chi connectivity index (χ0v) is 14.4. The molecule has 2 heterocycles. The summed E-state index contributed by atoms with van der Waals surface area (Å²) in [6.45, 7) is 4.04. The fourth-order valence-corrected chi connectivity index (χ4v) is 3.32. The number of carboxylic acids is 1. The first-order chi connectivity index (χ1) is 12.0. The second-order valence-electron chi connectivity index (χ2n) is 6.53. The summed E-state index contributed by atoms with van der Waals surface area (Å²) < 4.78 is 3.54. The minimum atomic E-state index is -1.02. The Morgan fingerprint density at radius 3 is 2.40 bits per heavy atom. The molecular formula is C18H19N5O2. The summed E-state index contributed by atoms with van der Waals surface area (Å²) in [5.41, 5.74) is 5.89. The van der Waals surface area contributed by atoms with Crippen molar-refractivity contribution >= 4 is 5.97 Å². The highest BCUT2D eigenvalue weighted by Gasteiger charge is 2.34. The van der Waals surface area contributed by atoms with Gasteiger partial charge in [-0.1, -0.05) is 17.3 Å². The molecule has 1 aliphatic carbocycles. The van der Waals surface area contributed by atoms with Gasteiger partial charge < -0.3 is 5.11 Å². The Labute approximate surface area is 144 Å². The van der Waals surface area contributed by atoms with Gasteiger partial charge in [0, 0.05) is 24.2 Å². The fourth-order valence-electron chi connectivity index (χ4n) is 3.32. The molecule has 0 atom stereocenters. The second kappa shape index (κ2) is 5.54. The molecule has 0 unspecified atom stereocenters. The van der Waals surface area contributed by atoms with Gasteiger partial charge in [-0.15, -0.1) is 5.10 Å². The van der Waals surface area contributed by atoms with Crippen LogP contribution in [0.2, 0.25) is 0 Å². The molecule has 0 bridgehead atoms. The Morgan fingerprint density at radius 1 is 1.20 bits per heavy atom. The van der Waals surface area contributed by atoms with E-state index in [9.17, 15) is 9.90 Å². The number of aromatic nitrogens is 5. The lowest BCUT2D eigenvalue weighted by atomic mass is 10.0. The Hall–Kier alpha value is -2.96. The number of aryl methyl sites for hydroxylation is 2. The third-order valence-electron chi connectivity index (χ3n) is 4.78.